The molecule has 0 saturated heterocycles. The number of carbonyl (C=O) groups is 1. The Morgan fingerprint density at radius 1 is 1.33 bits per heavy atom. The van der Waals surface area contributed by atoms with Crippen LogP contribution >= 0.6 is 15.9 Å². The second kappa shape index (κ2) is 5.17. The molecule has 0 radical (unpaired) electrons. The van der Waals surface area contributed by atoms with Crippen molar-refractivity contribution in [2.45, 2.75) is 0 Å². The molecule has 0 spiro atoms. The fraction of sp³-hybridized carbons (Fsp3) is 0. The number of pyridine rings is 1. The number of halogens is 2. The summed E-state index contributed by atoms with van der Waals surface area (Å²) in [5, 5.41) is 0.729. The Hall–Kier alpha value is -2.41. The third-order valence-corrected chi connectivity index (χ3v) is 3.58. The lowest BCUT2D eigenvalue weighted by Crippen LogP contribution is -2.12. The van der Waals surface area contributed by atoms with Crippen LogP contribution in [0.15, 0.2) is 41.1 Å². The van der Waals surface area contributed by atoms with Gasteiger partial charge in [0.2, 0.25) is 5.91 Å². The molecule has 3 aromatic rings. The van der Waals surface area contributed by atoms with Crippen LogP contribution in [0, 0.1) is 5.82 Å². The minimum absolute atomic E-state index is 0.0134. The van der Waals surface area contributed by atoms with Gasteiger partial charge in [-0.05, 0) is 40.2 Å². The van der Waals surface area contributed by atoms with Gasteiger partial charge in [-0.25, -0.2) is 9.37 Å². The minimum Gasteiger partial charge on any atom is -0.453 e. The minimum atomic E-state index is -0.718. The normalized spacial score (nSPS) is 10.8. The van der Waals surface area contributed by atoms with E-state index in [2.05, 4.69) is 25.9 Å². The van der Waals surface area contributed by atoms with Crippen molar-refractivity contribution < 1.29 is 13.9 Å². The molecule has 2 aromatic heterocycles. The maximum Gasteiger partial charge on any atom is 0.249 e. The van der Waals surface area contributed by atoms with Crippen molar-refractivity contribution in [3.63, 3.8) is 0 Å². The first-order valence-electron chi connectivity index (χ1n) is 5.95. The van der Waals surface area contributed by atoms with E-state index in [0.717, 1.165) is 11.5 Å². The summed E-state index contributed by atoms with van der Waals surface area (Å²) in [6.45, 7) is 0. The van der Waals surface area contributed by atoms with Gasteiger partial charge in [0.1, 0.15) is 11.4 Å². The van der Waals surface area contributed by atoms with E-state index in [1.807, 2.05) is 0 Å². The average Bonchev–Trinajstić information content (AvgIpc) is 2.91. The van der Waals surface area contributed by atoms with Crippen molar-refractivity contribution in [3.8, 4) is 11.5 Å². The number of nitrogens with two attached hydrogens (primary N) is 1. The van der Waals surface area contributed by atoms with E-state index < -0.39 is 11.7 Å². The van der Waals surface area contributed by atoms with Crippen LogP contribution in [0.5, 0.6) is 11.5 Å². The molecule has 21 heavy (non-hydrogen) atoms. The van der Waals surface area contributed by atoms with Crippen LogP contribution < -0.4 is 10.5 Å². The summed E-state index contributed by atoms with van der Waals surface area (Å²) in [6, 6.07) is 5.82. The van der Waals surface area contributed by atoms with Gasteiger partial charge in [0.15, 0.2) is 11.6 Å². The van der Waals surface area contributed by atoms with Crippen molar-refractivity contribution in [1.29, 1.82) is 0 Å². The van der Waals surface area contributed by atoms with Crippen molar-refractivity contribution in [3.05, 3.63) is 52.5 Å². The van der Waals surface area contributed by atoms with E-state index >= 15 is 0 Å². The van der Waals surface area contributed by atoms with Gasteiger partial charge in [0.25, 0.3) is 0 Å². The van der Waals surface area contributed by atoms with E-state index in [-0.39, 0.29) is 11.3 Å². The molecule has 0 fully saturated rings. The zero-order valence-electron chi connectivity index (χ0n) is 10.6. The number of fused-ring (bicyclic) bond motifs is 1. The largest absolute Gasteiger partial charge is 0.453 e. The molecular formula is C14H9BrFN3O2. The summed E-state index contributed by atoms with van der Waals surface area (Å²) >= 11 is 3.17. The number of hydrogen-bond acceptors (Lipinski definition) is 3. The highest BCUT2D eigenvalue weighted by atomic mass is 79.9. The number of nitrogens with zero attached hydrogens (tertiary/aromatic N) is 1. The van der Waals surface area contributed by atoms with Crippen molar-refractivity contribution >= 4 is 32.9 Å². The van der Waals surface area contributed by atoms with E-state index in [0.29, 0.717) is 15.9 Å². The Labute approximate surface area is 127 Å². The highest BCUT2D eigenvalue weighted by Gasteiger charge is 2.15. The third kappa shape index (κ3) is 2.47. The maximum absolute atomic E-state index is 14.0. The molecule has 3 N–H and O–H groups in total. The summed E-state index contributed by atoms with van der Waals surface area (Å²) in [6.07, 6.45) is 3.27. The molecule has 7 heteroatoms. The number of nitrogens with one attached hydrogen (secondary N) is 1. The molecule has 1 aromatic carbocycles. The van der Waals surface area contributed by atoms with Crippen LogP contribution in [-0.4, -0.2) is 15.9 Å². The third-order valence-electron chi connectivity index (χ3n) is 2.93. The highest BCUT2D eigenvalue weighted by Crippen LogP contribution is 2.33. The van der Waals surface area contributed by atoms with Crippen molar-refractivity contribution in [2.75, 3.05) is 0 Å². The lowest BCUT2D eigenvalue weighted by Gasteiger charge is -2.09. The number of amides is 1. The second-order valence-corrected chi connectivity index (χ2v) is 5.13. The molecule has 0 bridgehead atoms. The van der Waals surface area contributed by atoms with Crippen LogP contribution in [0.25, 0.3) is 11.0 Å². The topological polar surface area (TPSA) is 81.0 Å². The van der Waals surface area contributed by atoms with Crippen molar-refractivity contribution in [1.82, 2.24) is 9.97 Å². The molecule has 106 valence electrons. The number of H-pyrrole nitrogens is 1. The SMILES string of the molecule is NC(=O)c1cc(F)c(Oc2ccnc3[nH]ccc23)cc1Br. The first kappa shape index (κ1) is 13.6. The average molecular weight is 350 g/mol. The van der Waals surface area contributed by atoms with Gasteiger partial charge in [-0.1, -0.05) is 0 Å². The fourth-order valence-corrected chi connectivity index (χ4v) is 2.46. The zero-order valence-corrected chi connectivity index (χ0v) is 12.1. The first-order chi connectivity index (χ1) is 10.1. The van der Waals surface area contributed by atoms with Gasteiger partial charge in [-0.15, -0.1) is 0 Å². The summed E-state index contributed by atoms with van der Waals surface area (Å²) in [5.74, 6) is -0.948. The Balaban J connectivity index is 2.04. The summed E-state index contributed by atoms with van der Waals surface area (Å²) < 4.78 is 20.0. The van der Waals surface area contributed by atoms with Crippen LogP contribution in [0.3, 0.4) is 0 Å². The highest BCUT2D eigenvalue weighted by molar-refractivity contribution is 9.10. The summed E-state index contributed by atoms with van der Waals surface area (Å²) in [7, 11) is 0. The van der Waals surface area contributed by atoms with Gasteiger partial charge in [0, 0.05) is 16.9 Å². The molecular weight excluding hydrogens is 341 g/mol. The Bertz CT molecular complexity index is 847. The summed E-state index contributed by atoms with van der Waals surface area (Å²) in [5.41, 5.74) is 5.85. The number of primary amides is 1. The molecule has 1 amide bonds. The van der Waals surface area contributed by atoms with Crippen molar-refractivity contribution in [2.24, 2.45) is 5.73 Å². The quantitative estimate of drug-likeness (QED) is 0.760. The van der Waals surface area contributed by atoms with Gasteiger partial charge in [-0.3, -0.25) is 4.79 Å². The number of rotatable bonds is 3. The van der Waals surface area contributed by atoms with Gasteiger partial charge in [0.05, 0.1) is 10.9 Å². The monoisotopic (exact) mass is 349 g/mol. The van der Waals surface area contributed by atoms with E-state index in [9.17, 15) is 9.18 Å². The van der Waals surface area contributed by atoms with Crippen LogP contribution in [0.1, 0.15) is 10.4 Å². The van der Waals surface area contributed by atoms with Gasteiger partial charge in [-0.2, -0.15) is 0 Å². The first-order valence-corrected chi connectivity index (χ1v) is 6.74. The van der Waals surface area contributed by atoms with Crippen LogP contribution in [0.2, 0.25) is 0 Å². The Morgan fingerprint density at radius 2 is 2.14 bits per heavy atom. The smallest absolute Gasteiger partial charge is 0.249 e. The molecule has 0 aliphatic heterocycles. The van der Waals surface area contributed by atoms with E-state index in [4.69, 9.17) is 10.5 Å². The molecule has 3 rings (SSSR count). The number of benzene rings is 1. The zero-order chi connectivity index (χ0) is 15.0. The van der Waals surface area contributed by atoms with Crippen LogP contribution in [0.4, 0.5) is 4.39 Å². The van der Waals surface area contributed by atoms with Crippen LogP contribution in [-0.2, 0) is 0 Å². The lowest BCUT2D eigenvalue weighted by atomic mass is 10.2. The van der Waals surface area contributed by atoms with E-state index in [1.165, 1.54) is 6.07 Å². The molecule has 0 aliphatic carbocycles. The number of aromatic amines is 1. The fourth-order valence-electron chi connectivity index (χ4n) is 1.94. The number of carbonyl (C=O) groups excluding carboxylic acids is 1. The molecule has 5 nitrogen and oxygen atoms in total. The molecule has 0 aliphatic rings. The van der Waals surface area contributed by atoms with E-state index in [1.54, 1.807) is 24.5 Å². The molecule has 0 saturated carbocycles. The predicted octanol–water partition coefficient (Wildman–Crippen LogP) is 3.36. The van der Waals surface area contributed by atoms with Gasteiger partial charge >= 0.3 is 0 Å². The van der Waals surface area contributed by atoms with Gasteiger partial charge < -0.3 is 15.5 Å². The molecule has 2 heterocycles. The number of ether oxygens (including phenoxy) is 1. The predicted molar refractivity (Wildman–Crippen MR) is 78.8 cm³/mol. The second-order valence-electron chi connectivity index (χ2n) is 4.28. The molecule has 0 unspecified atom stereocenters. The standard InChI is InChI=1S/C14H9BrFN3O2/c15-9-6-12(10(16)5-8(9)13(17)20)21-11-2-4-19-14-7(11)1-3-18-14/h1-6H,(H2,17,20)(H,18,19). The maximum atomic E-state index is 14.0. The lowest BCUT2D eigenvalue weighted by molar-refractivity contribution is 0.0999. The molecule has 0 atom stereocenters. The Morgan fingerprint density at radius 3 is 2.90 bits per heavy atom. The number of hydrogen-bond donors (Lipinski definition) is 2. The summed E-state index contributed by atoms with van der Waals surface area (Å²) in [4.78, 5) is 18.2. The number of aromatic nitrogens is 2. The Kier molecular flexibility index (Phi) is 3.34.